The monoisotopic (exact) mass is 646 g/mol. The van der Waals surface area contributed by atoms with Crippen molar-refractivity contribution in [1.82, 2.24) is 39.5 Å². The molecule has 2 N–H and O–H groups in total. The van der Waals surface area contributed by atoms with Crippen LogP contribution < -0.4 is 0 Å². The number of aromatic nitrogens is 4. The fourth-order valence-corrected chi connectivity index (χ4v) is 7.57. The molecule has 3 aromatic rings. The van der Waals surface area contributed by atoms with Crippen LogP contribution in [0.2, 0.25) is 0 Å². The second-order valence-corrected chi connectivity index (χ2v) is 13.3. The second kappa shape index (κ2) is 16.5. The van der Waals surface area contributed by atoms with Crippen molar-refractivity contribution in [3.05, 3.63) is 71.8 Å². The van der Waals surface area contributed by atoms with E-state index in [0.29, 0.717) is 38.8 Å². The van der Waals surface area contributed by atoms with Gasteiger partial charge in [-0.1, -0.05) is 38.1 Å². The molecular formula is C36H54N8O3. The molecule has 256 valence electrons. The van der Waals surface area contributed by atoms with Gasteiger partial charge in [0.2, 0.25) is 0 Å². The van der Waals surface area contributed by atoms with Crippen LogP contribution >= 0.6 is 0 Å². The van der Waals surface area contributed by atoms with Gasteiger partial charge in [-0.05, 0) is 75.6 Å². The molecule has 2 saturated heterocycles. The molecule has 0 bridgehead atoms. The Morgan fingerprint density at radius 2 is 1.51 bits per heavy atom. The highest BCUT2D eigenvalue weighted by molar-refractivity contribution is 5.82. The molecule has 11 heteroatoms. The molecule has 0 saturated carbocycles. The summed E-state index contributed by atoms with van der Waals surface area (Å²) in [6.07, 6.45) is 12.6. The highest BCUT2D eigenvalue weighted by Crippen LogP contribution is 2.45. The lowest BCUT2D eigenvalue weighted by Gasteiger charge is -2.42. The molecule has 0 aliphatic carbocycles. The van der Waals surface area contributed by atoms with Gasteiger partial charge in [0.15, 0.2) is 6.61 Å². The van der Waals surface area contributed by atoms with Crippen LogP contribution in [0.4, 0.5) is 0 Å². The average Bonchev–Trinajstić information content (AvgIpc) is 3.86. The standard InChI is InChI=1S/C36H54N8O3/c1-5-30(6-2)43-19-13-36(14-20-43)21-31(35(46)47-26-34(45)42(7-3)8-4)44(27-36)23-29-11-9-28(10-12-29)22-41(24-32-37-15-16-38-32)25-33-39-17-18-40-33/h9-12,15-18,30-31H,5-8,13-14,19-27H2,1-4H3,(H,37,38)(H,39,40)/t31-/m0/s1. The topological polar surface area (TPSA) is 114 Å². The number of imidazole rings is 2. The number of aromatic amines is 2. The highest BCUT2D eigenvalue weighted by atomic mass is 16.5. The number of piperidine rings is 1. The Labute approximate surface area is 280 Å². The van der Waals surface area contributed by atoms with E-state index in [1.54, 1.807) is 17.3 Å². The maximum absolute atomic E-state index is 13.6. The van der Waals surface area contributed by atoms with Gasteiger partial charge in [-0.3, -0.25) is 19.4 Å². The van der Waals surface area contributed by atoms with E-state index in [1.807, 2.05) is 26.2 Å². The van der Waals surface area contributed by atoms with Gasteiger partial charge < -0.3 is 24.5 Å². The Hall–Kier alpha value is -3.54. The van der Waals surface area contributed by atoms with E-state index in [1.165, 1.54) is 24.0 Å². The molecule has 11 nitrogen and oxygen atoms in total. The predicted octanol–water partition coefficient (Wildman–Crippen LogP) is 4.59. The number of ether oxygens (including phenoxy) is 1. The van der Waals surface area contributed by atoms with Crippen LogP contribution in [-0.4, -0.2) is 103 Å². The van der Waals surface area contributed by atoms with Crippen molar-refractivity contribution in [3.63, 3.8) is 0 Å². The number of esters is 1. The quantitative estimate of drug-likeness (QED) is 0.217. The van der Waals surface area contributed by atoms with E-state index in [4.69, 9.17) is 4.74 Å². The summed E-state index contributed by atoms with van der Waals surface area (Å²) in [6, 6.07) is 9.01. The zero-order valence-corrected chi connectivity index (χ0v) is 28.8. The third-order valence-corrected chi connectivity index (χ3v) is 10.3. The minimum Gasteiger partial charge on any atom is -0.454 e. The lowest BCUT2D eigenvalue weighted by atomic mass is 9.76. The number of likely N-dealkylation sites (tertiary alicyclic amines) is 2. The van der Waals surface area contributed by atoms with Crippen molar-refractivity contribution in [2.24, 2.45) is 5.41 Å². The van der Waals surface area contributed by atoms with Crippen LogP contribution in [0.15, 0.2) is 49.1 Å². The normalized spacial score (nSPS) is 18.4. The first-order valence-corrected chi connectivity index (χ1v) is 17.5. The summed E-state index contributed by atoms with van der Waals surface area (Å²) in [5.41, 5.74) is 2.46. The smallest absolute Gasteiger partial charge is 0.323 e. The number of rotatable bonds is 16. The van der Waals surface area contributed by atoms with Crippen molar-refractivity contribution in [1.29, 1.82) is 0 Å². The predicted molar refractivity (Wildman–Crippen MR) is 182 cm³/mol. The summed E-state index contributed by atoms with van der Waals surface area (Å²) in [5, 5.41) is 0. The van der Waals surface area contributed by atoms with Gasteiger partial charge in [0, 0.05) is 63.6 Å². The fraction of sp³-hybridized carbons (Fsp3) is 0.611. The highest BCUT2D eigenvalue weighted by Gasteiger charge is 2.49. The zero-order valence-electron chi connectivity index (χ0n) is 28.8. The maximum atomic E-state index is 13.6. The molecule has 1 spiro atoms. The lowest BCUT2D eigenvalue weighted by molar-refractivity contribution is -0.156. The Balaban J connectivity index is 1.26. The van der Waals surface area contributed by atoms with E-state index < -0.39 is 0 Å². The van der Waals surface area contributed by atoms with E-state index >= 15 is 0 Å². The third kappa shape index (κ3) is 9.09. The van der Waals surface area contributed by atoms with E-state index in [0.717, 1.165) is 57.1 Å². The fourth-order valence-electron chi connectivity index (χ4n) is 7.57. The van der Waals surface area contributed by atoms with Crippen LogP contribution in [0.3, 0.4) is 0 Å². The number of nitrogens with zero attached hydrogens (tertiary/aromatic N) is 6. The molecule has 2 aliphatic rings. The first kappa shape index (κ1) is 34.8. The summed E-state index contributed by atoms with van der Waals surface area (Å²) in [4.78, 5) is 50.5. The molecule has 0 radical (unpaired) electrons. The Bertz CT molecular complexity index is 1330. The number of hydrogen-bond donors (Lipinski definition) is 2. The summed E-state index contributed by atoms with van der Waals surface area (Å²) >= 11 is 0. The van der Waals surface area contributed by atoms with Crippen molar-refractivity contribution >= 4 is 11.9 Å². The molecule has 2 aromatic heterocycles. The molecule has 0 unspecified atom stereocenters. The SMILES string of the molecule is CCC(CC)N1CCC2(CC1)C[C@@H](C(=O)OCC(=O)N(CC)CC)N(Cc1ccc(CN(Cc3ncc[nH]3)Cc3ncc[nH]3)cc1)C2. The van der Waals surface area contributed by atoms with Gasteiger partial charge in [-0.25, -0.2) is 9.97 Å². The zero-order chi connectivity index (χ0) is 33.2. The molecule has 5 rings (SSSR count). The summed E-state index contributed by atoms with van der Waals surface area (Å²) in [6.45, 7) is 15.3. The number of carbonyl (C=O) groups is 2. The van der Waals surface area contributed by atoms with Crippen LogP contribution in [-0.2, 0) is 40.5 Å². The molecule has 1 amide bonds. The lowest BCUT2D eigenvalue weighted by Crippen LogP contribution is -2.45. The van der Waals surface area contributed by atoms with Crippen LogP contribution in [0.5, 0.6) is 0 Å². The summed E-state index contributed by atoms with van der Waals surface area (Å²) < 4.78 is 5.71. The number of nitrogens with one attached hydrogen (secondary N) is 2. The number of H-pyrrole nitrogens is 2. The molecule has 1 atom stereocenters. The van der Waals surface area contributed by atoms with E-state index in [-0.39, 0.29) is 29.9 Å². The number of benzene rings is 1. The van der Waals surface area contributed by atoms with Crippen molar-refractivity contribution in [2.45, 2.75) is 98.1 Å². The van der Waals surface area contributed by atoms with Crippen LogP contribution in [0, 0.1) is 5.41 Å². The number of hydrogen-bond acceptors (Lipinski definition) is 8. The van der Waals surface area contributed by atoms with Gasteiger partial charge >= 0.3 is 5.97 Å². The number of likely N-dealkylation sites (N-methyl/N-ethyl adjacent to an activating group) is 1. The van der Waals surface area contributed by atoms with Crippen LogP contribution in [0.1, 0.15) is 82.6 Å². The first-order valence-electron chi connectivity index (χ1n) is 17.5. The first-order chi connectivity index (χ1) is 22.8. The molecule has 2 aliphatic heterocycles. The molecule has 4 heterocycles. The van der Waals surface area contributed by atoms with E-state index in [2.05, 4.69) is 72.7 Å². The minimum atomic E-state index is -0.351. The Kier molecular flexibility index (Phi) is 12.2. The Morgan fingerprint density at radius 3 is 2.04 bits per heavy atom. The molecule has 2 fully saturated rings. The third-order valence-electron chi connectivity index (χ3n) is 10.3. The van der Waals surface area contributed by atoms with Crippen molar-refractivity contribution in [2.75, 3.05) is 39.3 Å². The minimum absolute atomic E-state index is 0.0905. The van der Waals surface area contributed by atoms with Crippen LogP contribution in [0.25, 0.3) is 0 Å². The van der Waals surface area contributed by atoms with Gasteiger partial charge in [-0.2, -0.15) is 0 Å². The maximum Gasteiger partial charge on any atom is 0.323 e. The molecular weight excluding hydrogens is 592 g/mol. The number of carbonyl (C=O) groups excluding carboxylic acids is 2. The molecule has 47 heavy (non-hydrogen) atoms. The van der Waals surface area contributed by atoms with Gasteiger partial charge in [-0.15, -0.1) is 0 Å². The van der Waals surface area contributed by atoms with Gasteiger partial charge in [0.1, 0.15) is 17.7 Å². The van der Waals surface area contributed by atoms with Gasteiger partial charge in [0.05, 0.1) is 13.1 Å². The molecule has 1 aromatic carbocycles. The largest absolute Gasteiger partial charge is 0.454 e. The Morgan fingerprint density at radius 1 is 0.915 bits per heavy atom. The van der Waals surface area contributed by atoms with Gasteiger partial charge in [0.25, 0.3) is 5.91 Å². The van der Waals surface area contributed by atoms with E-state index in [9.17, 15) is 9.59 Å². The summed E-state index contributed by atoms with van der Waals surface area (Å²) in [7, 11) is 0. The number of amides is 1. The summed E-state index contributed by atoms with van der Waals surface area (Å²) in [5.74, 6) is 1.43. The van der Waals surface area contributed by atoms with Crippen molar-refractivity contribution in [3.8, 4) is 0 Å². The second-order valence-electron chi connectivity index (χ2n) is 13.3. The van der Waals surface area contributed by atoms with Crippen molar-refractivity contribution < 1.29 is 14.3 Å². The average molecular weight is 647 g/mol.